The van der Waals surface area contributed by atoms with Crippen molar-refractivity contribution in [1.82, 2.24) is 15.1 Å². The molecule has 0 radical (unpaired) electrons. The highest BCUT2D eigenvalue weighted by atomic mass is 16.5. The van der Waals surface area contributed by atoms with Crippen LogP contribution in [0.3, 0.4) is 0 Å². The molecule has 0 bridgehead atoms. The maximum atomic E-state index is 11.5. The Balaban J connectivity index is 2.15. The molecule has 0 aromatic rings. The maximum Gasteiger partial charge on any atom is 0.309 e. The lowest BCUT2D eigenvalue weighted by Crippen LogP contribution is -2.46. The zero-order valence-electron chi connectivity index (χ0n) is 11.9. The van der Waals surface area contributed by atoms with Gasteiger partial charge in [0.2, 0.25) is 0 Å². The molecule has 5 nitrogen and oxygen atoms in total. The lowest BCUT2D eigenvalue weighted by Gasteiger charge is -2.29. The molecule has 0 aromatic carbocycles. The summed E-state index contributed by atoms with van der Waals surface area (Å²) in [5.41, 5.74) is 0. The van der Waals surface area contributed by atoms with Gasteiger partial charge in [0.25, 0.3) is 0 Å². The van der Waals surface area contributed by atoms with E-state index in [9.17, 15) is 4.79 Å². The SMILES string of the molecule is CCOC(=O)C(C)CN(C)CCN1CCNCC1. The molecule has 1 N–H and O–H groups in total. The van der Waals surface area contributed by atoms with Crippen molar-refractivity contribution in [2.45, 2.75) is 13.8 Å². The number of likely N-dealkylation sites (N-methyl/N-ethyl adjacent to an activating group) is 1. The van der Waals surface area contributed by atoms with Crippen LogP contribution < -0.4 is 5.32 Å². The number of hydrogen-bond acceptors (Lipinski definition) is 5. The van der Waals surface area contributed by atoms with Gasteiger partial charge in [-0.05, 0) is 14.0 Å². The van der Waals surface area contributed by atoms with Crippen LogP contribution in [0.4, 0.5) is 0 Å². The van der Waals surface area contributed by atoms with Crippen molar-refractivity contribution in [1.29, 1.82) is 0 Å². The molecule has 106 valence electrons. The summed E-state index contributed by atoms with van der Waals surface area (Å²) in [5, 5.41) is 3.35. The Morgan fingerprint density at radius 3 is 2.72 bits per heavy atom. The second-order valence-corrected chi connectivity index (χ2v) is 5.01. The molecule has 0 aliphatic carbocycles. The fourth-order valence-electron chi connectivity index (χ4n) is 2.16. The first-order valence-corrected chi connectivity index (χ1v) is 6.91. The van der Waals surface area contributed by atoms with Gasteiger partial charge in [-0.3, -0.25) is 9.69 Å². The summed E-state index contributed by atoms with van der Waals surface area (Å²) in [6.07, 6.45) is 0. The number of nitrogens with one attached hydrogen (secondary N) is 1. The summed E-state index contributed by atoms with van der Waals surface area (Å²) in [6.45, 7) is 11.5. The van der Waals surface area contributed by atoms with Crippen LogP contribution in [0.2, 0.25) is 0 Å². The Morgan fingerprint density at radius 2 is 2.11 bits per heavy atom. The van der Waals surface area contributed by atoms with E-state index in [0.29, 0.717) is 6.61 Å². The third-order valence-corrected chi connectivity index (χ3v) is 3.28. The van der Waals surface area contributed by atoms with Crippen LogP contribution in [-0.2, 0) is 9.53 Å². The summed E-state index contributed by atoms with van der Waals surface area (Å²) in [6, 6.07) is 0. The Hall–Kier alpha value is -0.650. The van der Waals surface area contributed by atoms with Crippen LogP contribution in [0.15, 0.2) is 0 Å². The minimum absolute atomic E-state index is 0.0435. The van der Waals surface area contributed by atoms with Crippen LogP contribution in [0, 0.1) is 5.92 Å². The van der Waals surface area contributed by atoms with E-state index in [2.05, 4.69) is 22.2 Å². The monoisotopic (exact) mass is 257 g/mol. The zero-order valence-corrected chi connectivity index (χ0v) is 11.9. The quantitative estimate of drug-likeness (QED) is 0.652. The first kappa shape index (κ1) is 15.4. The normalized spacial score (nSPS) is 18.9. The van der Waals surface area contributed by atoms with Gasteiger partial charge < -0.3 is 15.0 Å². The van der Waals surface area contributed by atoms with E-state index in [4.69, 9.17) is 4.74 Å². The number of piperazine rings is 1. The molecule has 1 heterocycles. The second-order valence-electron chi connectivity index (χ2n) is 5.01. The Labute approximate surface area is 110 Å². The Kier molecular flexibility index (Phi) is 7.23. The van der Waals surface area contributed by atoms with E-state index in [-0.39, 0.29) is 11.9 Å². The largest absolute Gasteiger partial charge is 0.466 e. The van der Waals surface area contributed by atoms with E-state index in [0.717, 1.165) is 45.8 Å². The van der Waals surface area contributed by atoms with Crippen molar-refractivity contribution < 1.29 is 9.53 Å². The van der Waals surface area contributed by atoms with Gasteiger partial charge in [-0.1, -0.05) is 6.92 Å². The minimum atomic E-state index is -0.0912. The maximum absolute atomic E-state index is 11.5. The molecule has 1 aliphatic rings. The van der Waals surface area contributed by atoms with Gasteiger partial charge in [-0.15, -0.1) is 0 Å². The molecule has 5 heteroatoms. The molecule has 0 spiro atoms. The molecule has 1 rings (SSSR count). The number of carbonyl (C=O) groups excluding carboxylic acids is 1. The predicted molar refractivity (Wildman–Crippen MR) is 72.6 cm³/mol. The standard InChI is InChI=1S/C13H27N3O2/c1-4-18-13(17)12(2)11-15(3)9-10-16-7-5-14-6-8-16/h12,14H,4-11H2,1-3H3. The molecule has 0 aromatic heterocycles. The van der Waals surface area contributed by atoms with Gasteiger partial charge in [0.1, 0.15) is 0 Å². The third-order valence-electron chi connectivity index (χ3n) is 3.28. The zero-order chi connectivity index (χ0) is 13.4. The highest BCUT2D eigenvalue weighted by Gasteiger charge is 2.17. The molecule has 1 aliphatic heterocycles. The van der Waals surface area contributed by atoms with E-state index >= 15 is 0 Å². The first-order valence-electron chi connectivity index (χ1n) is 6.91. The van der Waals surface area contributed by atoms with Crippen molar-refractivity contribution in [2.24, 2.45) is 5.92 Å². The molecule has 1 saturated heterocycles. The lowest BCUT2D eigenvalue weighted by molar-refractivity contribution is -0.147. The molecule has 1 fully saturated rings. The fraction of sp³-hybridized carbons (Fsp3) is 0.923. The molecule has 18 heavy (non-hydrogen) atoms. The number of hydrogen-bond donors (Lipinski definition) is 1. The van der Waals surface area contributed by atoms with Crippen molar-refractivity contribution >= 4 is 5.97 Å². The summed E-state index contributed by atoms with van der Waals surface area (Å²) in [5.74, 6) is -0.135. The predicted octanol–water partition coefficient (Wildman–Crippen LogP) is 0.0226. The molecule has 1 unspecified atom stereocenters. The van der Waals surface area contributed by atoms with Crippen LogP contribution in [0.5, 0.6) is 0 Å². The summed E-state index contributed by atoms with van der Waals surface area (Å²) in [4.78, 5) is 16.2. The molecular formula is C13H27N3O2. The van der Waals surface area contributed by atoms with Crippen molar-refractivity contribution in [3.63, 3.8) is 0 Å². The van der Waals surface area contributed by atoms with Crippen molar-refractivity contribution in [3.8, 4) is 0 Å². The molecule has 0 saturated carbocycles. The number of ether oxygens (including phenoxy) is 1. The minimum Gasteiger partial charge on any atom is -0.466 e. The van der Waals surface area contributed by atoms with Gasteiger partial charge >= 0.3 is 5.97 Å². The van der Waals surface area contributed by atoms with Gasteiger partial charge in [0, 0.05) is 45.8 Å². The topological polar surface area (TPSA) is 44.8 Å². The summed E-state index contributed by atoms with van der Waals surface area (Å²) in [7, 11) is 2.07. The number of rotatable bonds is 7. The molecular weight excluding hydrogens is 230 g/mol. The molecule has 1 atom stereocenters. The van der Waals surface area contributed by atoms with Crippen LogP contribution in [0.25, 0.3) is 0 Å². The van der Waals surface area contributed by atoms with E-state index < -0.39 is 0 Å². The van der Waals surface area contributed by atoms with E-state index in [1.54, 1.807) is 0 Å². The van der Waals surface area contributed by atoms with E-state index in [1.165, 1.54) is 0 Å². The highest BCUT2D eigenvalue weighted by Crippen LogP contribution is 2.02. The van der Waals surface area contributed by atoms with Crippen molar-refractivity contribution in [3.05, 3.63) is 0 Å². The Bertz CT molecular complexity index is 242. The van der Waals surface area contributed by atoms with Crippen LogP contribution >= 0.6 is 0 Å². The Morgan fingerprint density at radius 1 is 1.44 bits per heavy atom. The fourth-order valence-corrected chi connectivity index (χ4v) is 2.16. The molecule has 0 amide bonds. The van der Waals surface area contributed by atoms with Gasteiger partial charge in [-0.25, -0.2) is 0 Å². The lowest BCUT2D eigenvalue weighted by atomic mass is 10.2. The first-order chi connectivity index (χ1) is 8.63. The summed E-state index contributed by atoms with van der Waals surface area (Å²) < 4.78 is 5.01. The van der Waals surface area contributed by atoms with Gasteiger partial charge in [0.05, 0.1) is 12.5 Å². The van der Waals surface area contributed by atoms with Gasteiger partial charge in [-0.2, -0.15) is 0 Å². The second kappa shape index (κ2) is 8.45. The van der Waals surface area contributed by atoms with E-state index in [1.807, 2.05) is 13.8 Å². The highest BCUT2D eigenvalue weighted by molar-refractivity contribution is 5.72. The number of nitrogens with zero attached hydrogens (tertiary/aromatic N) is 2. The average molecular weight is 257 g/mol. The smallest absolute Gasteiger partial charge is 0.309 e. The third kappa shape index (κ3) is 5.80. The number of esters is 1. The van der Waals surface area contributed by atoms with Crippen LogP contribution in [0.1, 0.15) is 13.8 Å². The average Bonchev–Trinajstić information content (AvgIpc) is 2.38. The summed E-state index contributed by atoms with van der Waals surface area (Å²) >= 11 is 0. The van der Waals surface area contributed by atoms with Gasteiger partial charge in [0.15, 0.2) is 0 Å². The van der Waals surface area contributed by atoms with Crippen LogP contribution in [-0.4, -0.2) is 75.2 Å². The number of carbonyl (C=O) groups is 1. The van der Waals surface area contributed by atoms with Crippen molar-refractivity contribution in [2.75, 3.05) is 59.5 Å².